The lowest BCUT2D eigenvalue weighted by Crippen LogP contribution is -2.37. The lowest BCUT2D eigenvalue weighted by Gasteiger charge is -2.21. The van der Waals surface area contributed by atoms with E-state index in [9.17, 15) is 15.2 Å². The molecule has 0 bridgehead atoms. The Balaban J connectivity index is 2.09. The van der Waals surface area contributed by atoms with Crippen molar-refractivity contribution in [3.05, 3.63) is 33.9 Å². The first-order chi connectivity index (χ1) is 9.04. The minimum absolute atomic E-state index is 0.00957. The smallest absolute Gasteiger partial charge is 0.287 e. The first-order valence-corrected chi connectivity index (χ1v) is 5.77. The number of hydrogen-bond acceptors (Lipinski definition) is 6. The van der Waals surface area contributed by atoms with Crippen molar-refractivity contribution in [1.82, 2.24) is 0 Å². The van der Waals surface area contributed by atoms with Gasteiger partial charge in [-0.05, 0) is 12.1 Å². The third-order valence-electron chi connectivity index (χ3n) is 3.02. The molecule has 0 unspecified atom stereocenters. The van der Waals surface area contributed by atoms with Gasteiger partial charge in [0.1, 0.15) is 17.2 Å². The van der Waals surface area contributed by atoms with Crippen molar-refractivity contribution in [1.29, 1.82) is 5.26 Å². The van der Waals surface area contributed by atoms with Gasteiger partial charge >= 0.3 is 0 Å². The number of nitrogens with zero attached hydrogens (tertiary/aromatic N) is 2. The number of rotatable bonds is 4. The van der Waals surface area contributed by atoms with E-state index in [1.165, 1.54) is 18.2 Å². The number of nitrogens with one attached hydrogen (secondary N) is 1. The maximum absolute atomic E-state index is 10.7. The molecule has 7 heteroatoms. The Bertz CT molecular complexity index is 532. The zero-order valence-electron chi connectivity index (χ0n) is 10.1. The predicted molar refractivity (Wildman–Crippen MR) is 66.7 cm³/mol. The van der Waals surface area contributed by atoms with Crippen LogP contribution in [0.3, 0.4) is 0 Å². The van der Waals surface area contributed by atoms with Crippen LogP contribution in [0, 0.1) is 21.4 Å². The third-order valence-corrected chi connectivity index (χ3v) is 3.02. The molecular weight excluding hydrogens is 250 g/mol. The zero-order valence-corrected chi connectivity index (χ0v) is 10.1. The van der Waals surface area contributed by atoms with Gasteiger partial charge in [0.25, 0.3) is 5.69 Å². The van der Waals surface area contributed by atoms with Crippen LogP contribution in [0.15, 0.2) is 18.2 Å². The first-order valence-electron chi connectivity index (χ1n) is 5.77. The number of nitriles is 1. The molecule has 0 spiro atoms. The van der Waals surface area contributed by atoms with Crippen LogP contribution in [-0.2, 0) is 4.74 Å². The molecule has 1 aliphatic rings. The molecule has 1 atom stereocenters. The molecule has 2 N–H and O–H groups in total. The van der Waals surface area contributed by atoms with Crippen LogP contribution in [-0.4, -0.2) is 35.4 Å². The van der Waals surface area contributed by atoms with Crippen LogP contribution in [0.1, 0.15) is 12.0 Å². The second-order valence-corrected chi connectivity index (χ2v) is 4.48. The van der Waals surface area contributed by atoms with E-state index in [1.807, 2.05) is 0 Å². The third kappa shape index (κ3) is 2.99. The average Bonchev–Trinajstić information content (AvgIpc) is 2.83. The lowest BCUT2D eigenvalue weighted by atomic mass is 10.0. The van der Waals surface area contributed by atoms with Gasteiger partial charge in [-0.3, -0.25) is 10.1 Å². The van der Waals surface area contributed by atoms with Crippen LogP contribution >= 0.6 is 0 Å². The molecule has 1 heterocycles. The molecule has 0 amide bonds. The Morgan fingerprint density at radius 3 is 3.00 bits per heavy atom. The zero-order chi connectivity index (χ0) is 13.9. The molecule has 2 rings (SSSR count). The van der Waals surface area contributed by atoms with Crippen molar-refractivity contribution in [3.63, 3.8) is 0 Å². The van der Waals surface area contributed by atoms with Gasteiger partial charge < -0.3 is 15.2 Å². The fraction of sp³-hybridized carbons (Fsp3) is 0.417. The summed E-state index contributed by atoms with van der Waals surface area (Å²) in [5.41, 5.74) is -0.600. The Morgan fingerprint density at radius 1 is 1.63 bits per heavy atom. The normalized spacial score (nSPS) is 21.9. The second-order valence-electron chi connectivity index (χ2n) is 4.48. The fourth-order valence-electron chi connectivity index (χ4n) is 1.90. The highest BCUT2D eigenvalue weighted by Gasteiger charge is 2.31. The van der Waals surface area contributed by atoms with Gasteiger partial charge in [0.05, 0.1) is 11.5 Å². The first kappa shape index (κ1) is 13.3. The second kappa shape index (κ2) is 5.22. The van der Waals surface area contributed by atoms with Gasteiger partial charge in [0.2, 0.25) is 0 Å². The van der Waals surface area contributed by atoms with E-state index in [0.717, 1.165) is 0 Å². The van der Waals surface area contributed by atoms with Gasteiger partial charge in [-0.2, -0.15) is 5.26 Å². The maximum Gasteiger partial charge on any atom is 0.287 e. The van der Waals surface area contributed by atoms with Gasteiger partial charge in [-0.15, -0.1) is 0 Å². The highest BCUT2D eigenvalue weighted by Crippen LogP contribution is 2.23. The highest BCUT2D eigenvalue weighted by molar-refractivity contribution is 5.58. The van der Waals surface area contributed by atoms with Crippen LogP contribution in [0.25, 0.3) is 0 Å². The molecule has 1 aromatic carbocycles. The van der Waals surface area contributed by atoms with Crippen LogP contribution < -0.4 is 5.32 Å². The van der Waals surface area contributed by atoms with Crippen molar-refractivity contribution in [3.8, 4) is 6.07 Å². The van der Waals surface area contributed by atoms with Gasteiger partial charge in [0.15, 0.2) is 0 Å². The molecule has 0 radical (unpaired) electrons. The summed E-state index contributed by atoms with van der Waals surface area (Å²) in [6, 6.07) is 5.97. The number of hydrogen-bond donors (Lipinski definition) is 2. The molecule has 1 fully saturated rings. The van der Waals surface area contributed by atoms with Gasteiger partial charge in [-0.25, -0.2) is 0 Å². The molecular formula is C12H13N3O4. The predicted octanol–water partition coefficient (Wildman–Crippen LogP) is 1.03. The Kier molecular flexibility index (Phi) is 3.64. The van der Waals surface area contributed by atoms with E-state index in [4.69, 9.17) is 10.00 Å². The fourth-order valence-corrected chi connectivity index (χ4v) is 1.90. The number of benzene rings is 1. The molecule has 0 saturated carbocycles. The number of nitro benzene ring substituents is 1. The SMILES string of the molecule is N#Cc1cc(NC[C@]2(O)CCOC2)ccc1[N+](=O)[O-]. The molecule has 1 aliphatic heterocycles. The van der Waals surface area contributed by atoms with Crippen LogP contribution in [0.5, 0.6) is 0 Å². The van der Waals surface area contributed by atoms with Crippen molar-refractivity contribution in [2.45, 2.75) is 12.0 Å². The minimum Gasteiger partial charge on any atom is -0.386 e. The van der Waals surface area contributed by atoms with E-state index in [-0.39, 0.29) is 24.4 Å². The van der Waals surface area contributed by atoms with Crippen molar-refractivity contribution in [2.24, 2.45) is 0 Å². The number of anilines is 1. The Hall–Kier alpha value is -2.17. The molecule has 7 nitrogen and oxygen atoms in total. The van der Waals surface area contributed by atoms with Crippen molar-refractivity contribution in [2.75, 3.05) is 25.1 Å². The maximum atomic E-state index is 10.7. The summed E-state index contributed by atoms with van der Waals surface area (Å²) in [6.45, 7) is 1.05. The monoisotopic (exact) mass is 263 g/mol. The molecule has 0 aromatic heterocycles. The highest BCUT2D eigenvalue weighted by atomic mass is 16.6. The topological polar surface area (TPSA) is 108 Å². The van der Waals surface area contributed by atoms with Crippen molar-refractivity contribution >= 4 is 11.4 Å². The van der Waals surface area contributed by atoms with Crippen molar-refractivity contribution < 1.29 is 14.8 Å². The summed E-state index contributed by atoms with van der Waals surface area (Å²) in [5.74, 6) is 0. The summed E-state index contributed by atoms with van der Waals surface area (Å²) in [4.78, 5) is 10.1. The van der Waals surface area contributed by atoms with Gasteiger partial charge in [0, 0.05) is 31.3 Å². The van der Waals surface area contributed by atoms with Crippen LogP contribution in [0.4, 0.5) is 11.4 Å². The van der Waals surface area contributed by atoms with E-state index < -0.39 is 10.5 Å². The summed E-state index contributed by atoms with van der Waals surface area (Å²) < 4.78 is 5.11. The summed E-state index contributed by atoms with van der Waals surface area (Å²) in [5, 5.41) is 32.6. The molecule has 0 aliphatic carbocycles. The van der Waals surface area contributed by atoms with E-state index in [1.54, 1.807) is 6.07 Å². The molecule has 100 valence electrons. The lowest BCUT2D eigenvalue weighted by molar-refractivity contribution is -0.385. The average molecular weight is 263 g/mol. The Morgan fingerprint density at radius 2 is 2.42 bits per heavy atom. The Labute approximate surface area is 109 Å². The number of nitro groups is 1. The summed E-state index contributed by atoms with van der Waals surface area (Å²) in [6.07, 6.45) is 0.540. The quantitative estimate of drug-likeness (QED) is 0.620. The van der Waals surface area contributed by atoms with E-state index in [2.05, 4.69) is 5.32 Å². The van der Waals surface area contributed by atoms with E-state index >= 15 is 0 Å². The summed E-state index contributed by atoms with van der Waals surface area (Å²) in [7, 11) is 0. The van der Waals surface area contributed by atoms with Crippen LogP contribution in [0.2, 0.25) is 0 Å². The summed E-state index contributed by atoms with van der Waals surface area (Å²) >= 11 is 0. The largest absolute Gasteiger partial charge is 0.386 e. The number of aliphatic hydroxyl groups is 1. The molecule has 1 aromatic rings. The number of ether oxygens (including phenoxy) is 1. The van der Waals surface area contributed by atoms with E-state index in [0.29, 0.717) is 18.7 Å². The molecule has 19 heavy (non-hydrogen) atoms. The minimum atomic E-state index is -0.922. The standard InChI is InChI=1S/C12H13N3O4/c13-6-9-5-10(1-2-11(9)15(17)18)14-7-12(16)3-4-19-8-12/h1-2,5,14,16H,3-4,7-8H2/t12-/m1/s1. The van der Waals surface area contributed by atoms with Gasteiger partial charge in [-0.1, -0.05) is 0 Å². The molecule has 1 saturated heterocycles.